The van der Waals surface area contributed by atoms with Crippen molar-refractivity contribution in [2.45, 2.75) is 19.9 Å². The first-order valence-electron chi connectivity index (χ1n) is 6.11. The molecule has 0 unspecified atom stereocenters. The van der Waals surface area contributed by atoms with Gasteiger partial charge in [-0.25, -0.2) is 0 Å². The van der Waals surface area contributed by atoms with E-state index < -0.39 is 0 Å². The Morgan fingerprint density at radius 2 is 2.11 bits per heavy atom. The summed E-state index contributed by atoms with van der Waals surface area (Å²) >= 11 is 6.17. The van der Waals surface area contributed by atoms with Crippen molar-refractivity contribution in [3.8, 4) is 0 Å². The van der Waals surface area contributed by atoms with Crippen molar-refractivity contribution >= 4 is 11.6 Å². The largest absolute Gasteiger partial charge is 0.312 e. The Bertz CT molecular complexity index is 497. The first-order chi connectivity index (χ1) is 8.75. The summed E-state index contributed by atoms with van der Waals surface area (Å²) in [6.07, 6.45) is 2.76. The molecule has 0 atom stereocenters. The number of hydrogen-bond donors (Lipinski definition) is 1. The van der Waals surface area contributed by atoms with Crippen molar-refractivity contribution in [3.63, 3.8) is 0 Å². The molecule has 1 aromatic heterocycles. The molecule has 2 nitrogen and oxygen atoms in total. The van der Waals surface area contributed by atoms with Gasteiger partial charge in [-0.05, 0) is 36.2 Å². The summed E-state index contributed by atoms with van der Waals surface area (Å²) < 4.78 is 0. The SMILES string of the molecule is Cc1ccc(CNCCc2ccccn2)c(Cl)c1. The Balaban J connectivity index is 1.79. The van der Waals surface area contributed by atoms with Crippen LogP contribution in [0.3, 0.4) is 0 Å². The van der Waals surface area contributed by atoms with Crippen molar-refractivity contribution in [2.75, 3.05) is 6.54 Å². The van der Waals surface area contributed by atoms with E-state index in [-0.39, 0.29) is 0 Å². The molecule has 2 aromatic rings. The molecule has 0 aliphatic rings. The van der Waals surface area contributed by atoms with Crippen molar-refractivity contribution < 1.29 is 0 Å². The minimum atomic E-state index is 0.798. The lowest BCUT2D eigenvalue weighted by Gasteiger charge is -2.07. The maximum atomic E-state index is 6.17. The minimum absolute atomic E-state index is 0.798. The number of aromatic nitrogens is 1. The fourth-order valence-corrected chi connectivity index (χ4v) is 2.08. The van der Waals surface area contributed by atoms with Gasteiger partial charge in [-0.2, -0.15) is 0 Å². The van der Waals surface area contributed by atoms with Crippen LogP contribution in [-0.2, 0) is 13.0 Å². The number of nitrogens with zero attached hydrogens (tertiary/aromatic N) is 1. The molecule has 0 spiro atoms. The van der Waals surface area contributed by atoms with Gasteiger partial charge < -0.3 is 5.32 Å². The van der Waals surface area contributed by atoms with E-state index in [2.05, 4.69) is 22.4 Å². The van der Waals surface area contributed by atoms with Crippen LogP contribution in [0.25, 0.3) is 0 Å². The zero-order chi connectivity index (χ0) is 12.8. The van der Waals surface area contributed by atoms with Gasteiger partial charge in [0.25, 0.3) is 0 Å². The Labute approximate surface area is 113 Å². The third-order valence-corrected chi connectivity index (χ3v) is 3.16. The lowest BCUT2D eigenvalue weighted by Crippen LogP contribution is -2.17. The van der Waals surface area contributed by atoms with Crippen LogP contribution in [0, 0.1) is 6.92 Å². The van der Waals surface area contributed by atoms with E-state index >= 15 is 0 Å². The van der Waals surface area contributed by atoms with Gasteiger partial charge in [0, 0.05) is 36.4 Å². The van der Waals surface area contributed by atoms with Crippen LogP contribution in [0.5, 0.6) is 0 Å². The predicted molar refractivity (Wildman–Crippen MR) is 75.8 cm³/mol. The van der Waals surface area contributed by atoms with E-state index in [1.54, 1.807) is 0 Å². The molecular weight excluding hydrogens is 244 g/mol. The van der Waals surface area contributed by atoms with Crippen molar-refractivity contribution in [2.24, 2.45) is 0 Å². The van der Waals surface area contributed by atoms with E-state index in [0.29, 0.717) is 0 Å². The molecule has 1 heterocycles. The first-order valence-corrected chi connectivity index (χ1v) is 6.49. The molecule has 0 radical (unpaired) electrons. The Kier molecular flexibility index (Phi) is 4.73. The molecule has 1 N–H and O–H groups in total. The van der Waals surface area contributed by atoms with Gasteiger partial charge in [0.2, 0.25) is 0 Å². The monoisotopic (exact) mass is 260 g/mol. The average molecular weight is 261 g/mol. The molecule has 0 saturated heterocycles. The normalized spacial score (nSPS) is 10.6. The van der Waals surface area contributed by atoms with Crippen LogP contribution >= 0.6 is 11.6 Å². The number of halogens is 1. The molecule has 94 valence electrons. The van der Waals surface area contributed by atoms with E-state index in [9.17, 15) is 0 Å². The summed E-state index contributed by atoms with van der Waals surface area (Å²) in [5, 5.41) is 4.22. The summed E-state index contributed by atoms with van der Waals surface area (Å²) in [5.41, 5.74) is 3.44. The number of nitrogens with one attached hydrogen (secondary N) is 1. The topological polar surface area (TPSA) is 24.9 Å². The van der Waals surface area contributed by atoms with Crippen LogP contribution < -0.4 is 5.32 Å². The number of pyridine rings is 1. The average Bonchev–Trinajstić information content (AvgIpc) is 2.38. The van der Waals surface area contributed by atoms with Gasteiger partial charge >= 0.3 is 0 Å². The summed E-state index contributed by atoms with van der Waals surface area (Å²) in [6, 6.07) is 12.1. The standard InChI is InChI=1S/C15H17ClN2/c1-12-5-6-13(15(16)10-12)11-17-9-7-14-4-2-3-8-18-14/h2-6,8,10,17H,7,9,11H2,1H3. The molecule has 2 rings (SSSR count). The third kappa shape index (κ3) is 3.83. The number of benzene rings is 1. The number of rotatable bonds is 5. The highest BCUT2D eigenvalue weighted by Gasteiger charge is 2.00. The molecule has 3 heteroatoms. The maximum absolute atomic E-state index is 6.17. The first kappa shape index (κ1) is 13.1. The van der Waals surface area contributed by atoms with Crippen LogP contribution in [0.4, 0.5) is 0 Å². The highest BCUT2D eigenvalue weighted by atomic mass is 35.5. The second kappa shape index (κ2) is 6.53. The lowest BCUT2D eigenvalue weighted by atomic mass is 10.1. The van der Waals surface area contributed by atoms with Gasteiger partial charge in [0.15, 0.2) is 0 Å². The van der Waals surface area contributed by atoms with Crippen LogP contribution in [0.2, 0.25) is 5.02 Å². The van der Waals surface area contributed by atoms with Crippen LogP contribution in [0.1, 0.15) is 16.8 Å². The lowest BCUT2D eigenvalue weighted by molar-refractivity contribution is 0.680. The van der Waals surface area contributed by atoms with Gasteiger partial charge in [-0.15, -0.1) is 0 Å². The second-order valence-electron chi connectivity index (χ2n) is 4.34. The summed E-state index contributed by atoms with van der Waals surface area (Å²) in [5.74, 6) is 0. The van der Waals surface area contributed by atoms with Crippen LogP contribution in [-0.4, -0.2) is 11.5 Å². The van der Waals surface area contributed by atoms with Crippen molar-refractivity contribution in [3.05, 3.63) is 64.4 Å². The predicted octanol–water partition coefficient (Wildman–Crippen LogP) is 3.38. The van der Waals surface area contributed by atoms with Crippen molar-refractivity contribution in [1.29, 1.82) is 0 Å². The number of hydrogen-bond acceptors (Lipinski definition) is 2. The molecule has 0 aliphatic heterocycles. The number of aryl methyl sites for hydroxylation is 1. The Hall–Kier alpha value is -1.38. The Morgan fingerprint density at radius 3 is 2.83 bits per heavy atom. The highest BCUT2D eigenvalue weighted by Crippen LogP contribution is 2.17. The zero-order valence-corrected chi connectivity index (χ0v) is 11.2. The van der Waals surface area contributed by atoms with Gasteiger partial charge in [0.05, 0.1) is 0 Å². The fraction of sp³-hybridized carbons (Fsp3) is 0.267. The second-order valence-corrected chi connectivity index (χ2v) is 4.75. The smallest absolute Gasteiger partial charge is 0.0453 e. The summed E-state index contributed by atoms with van der Waals surface area (Å²) in [4.78, 5) is 4.29. The van der Waals surface area contributed by atoms with E-state index in [1.807, 2.05) is 37.4 Å². The zero-order valence-electron chi connectivity index (χ0n) is 10.5. The molecule has 0 amide bonds. The van der Waals surface area contributed by atoms with E-state index in [4.69, 9.17) is 11.6 Å². The molecule has 0 fully saturated rings. The van der Waals surface area contributed by atoms with Gasteiger partial charge in [-0.1, -0.05) is 29.8 Å². The van der Waals surface area contributed by atoms with Gasteiger partial charge in [-0.3, -0.25) is 4.98 Å². The highest BCUT2D eigenvalue weighted by molar-refractivity contribution is 6.31. The quantitative estimate of drug-likeness (QED) is 0.834. The van der Waals surface area contributed by atoms with Gasteiger partial charge in [0.1, 0.15) is 0 Å². The molecule has 1 aromatic carbocycles. The molecule has 0 bridgehead atoms. The van der Waals surface area contributed by atoms with E-state index in [0.717, 1.165) is 35.8 Å². The fourth-order valence-electron chi connectivity index (χ4n) is 1.78. The maximum Gasteiger partial charge on any atom is 0.0453 e. The molecule has 0 aliphatic carbocycles. The minimum Gasteiger partial charge on any atom is -0.312 e. The molecular formula is C15H17ClN2. The Morgan fingerprint density at radius 1 is 1.22 bits per heavy atom. The molecule has 0 saturated carbocycles. The third-order valence-electron chi connectivity index (χ3n) is 2.81. The summed E-state index contributed by atoms with van der Waals surface area (Å²) in [7, 11) is 0. The van der Waals surface area contributed by atoms with E-state index in [1.165, 1.54) is 5.56 Å². The molecule has 18 heavy (non-hydrogen) atoms. The van der Waals surface area contributed by atoms with Crippen molar-refractivity contribution in [1.82, 2.24) is 10.3 Å². The summed E-state index contributed by atoms with van der Waals surface area (Å²) in [6.45, 7) is 3.75. The van der Waals surface area contributed by atoms with Crippen LogP contribution in [0.15, 0.2) is 42.6 Å².